The SMILES string of the molecule is O=[N+]([O-])c1nccn1CCC(O)N1CCC(CCF)CC1. The van der Waals surface area contributed by atoms with E-state index < -0.39 is 11.2 Å². The van der Waals surface area contributed by atoms with Crippen molar-refractivity contribution in [1.82, 2.24) is 14.5 Å². The Labute approximate surface area is 122 Å². The Morgan fingerprint density at radius 1 is 1.52 bits per heavy atom. The Bertz CT molecular complexity index is 460. The molecule has 2 heterocycles. The van der Waals surface area contributed by atoms with Crippen LogP contribution < -0.4 is 0 Å². The van der Waals surface area contributed by atoms with E-state index in [0.717, 1.165) is 25.9 Å². The van der Waals surface area contributed by atoms with E-state index in [-0.39, 0.29) is 12.6 Å². The standard InChI is InChI=1S/C13H21FN4O3/c14-5-1-11-2-7-16(8-3-11)12(19)4-9-17-10-6-15-13(17)18(20)21/h6,10-12,19H,1-5,7-9H2. The molecule has 0 aromatic carbocycles. The minimum Gasteiger partial charge on any atom is -0.390 e. The fourth-order valence-corrected chi connectivity index (χ4v) is 2.78. The summed E-state index contributed by atoms with van der Waals surface area (Å²) in [5, 5.41) is 20.9. The number of hydrogen-bond donors (Lipinski definition) is 1. The van der Waals surface area contributed by atoms with Crippen LogP contribution in [0, 0.1) is 16.0 Å². The number of rotatable bonds is 7. The smallest absolute Gasteiger partial charge is 0.390 e. The van der Waals surface area contributed by atoms with Crippen LogP contribution in [0.15, 0.2) is 12.4 Å². The van der Waals surface area contributed by atoms with E-state index >= 15 is 0 Å². The molecule has 118 valence electrons. The van der Waals surface area contributed by atoms with Gasteiger partial charge < -0.3 is 15.2 Å². The molecule has 1 aromatic heterocycles. The molecule has 0 saturated carbocycles. The Hall–Kier alpha value is -1.54. The zero-order chi connectivity index (χ0) is 15.2. The highest BCUT2D eigenvalue weighted by molar-refractivity contribution is 5.06. The van der Waals surface area contributed by atoms with E-state index in [1.54, 1.807) is 6.20 Å². The van der Waals surface area contributed by atoms with Gasteiger partial charge in [0.2, 0.25) is 0 Å². The highest BCUT2D eigenvalue weighted by Gasteiger charge is 2.24. The van der Waals surface area contributed by atoms with Crippen LogP contribution in [0.5, 0.6) is 0 Å². The van der Waals surface area contributed by atoms with Crippen molar-refractivity contribution in [2.24, 2.45) is 5.92 Å². The maximum absolute atomic E-state index is 12.3. The molecule has 0 aliphatic carbocycles. The lowest BCUT2D eigenvalue weighted by Crippen LogP contribution is -2.42. The van der Waals surface area contributed by atoms with Crippen LogP contribution in [0.25, 0.3) is 0 Å². The Morgan fingerprint density at radius 3 is 2.86 bits per heavy atom. The number of aromatic nitrogens is 2. The Kier molecular flexibility index (Phi) is 5.63. The van der Waals surface area contributed by atoms with Gasteiger partial charge in [-0.25, -0.2) is 4.57 Å². The predicted octanol–water partition coefficient (Wildman–Crippen LogP) is 1.57. The summed E-state index contributed by atoms with van der Waals surface area (Å²) in [5.74, 6) is 0.206. The van der Waals surface area contributed by atoms with Crippen molar-refractivity contribution in [1.29, 1.82) is 0 Å². The van der Waals surface area contributed by atoms with Crippen LogP contribution in [0.1, 0.15) is 25.7 Å². The van der Waals surface area contributed by atoms with Gasteiger partial charge in [-0.1, -0.05) is 4.98 Å². The van der Waals surface area contributed by atoms with Gasteiger partial charge in [-0.15, -0.1) is 0 Å². The van der Waals surface area contributed by atoms with Crippen molar-refractivity contribution in [2.45, 2.75) is 38.5 Å². The number of halogens is 1. The minimum atomic E-state index is -0.627. The summed E-state index contributed by atoms with van der Waals surface area (Å²) in [6.07, 6.45) is 5.10. The van der Waals surface area contributed by atoms with Gasteiger partial charge in [0.1, 0.15) is 18.6 Å². The summed E-state index contributed by atoms with van der Waals surface area (Å²) in [6, 6.07) is 0. The van der Waals surface area contributed by atoms with Gasteiger partial charge in [0.05, 0.1) is 13.2 Å². The molecule has 21 heavy (non-hydrogen) atoms. The lowest BCUT2D eigenvalue weighted by Gasteiger charge is -2.34. The summed E-state index contributed by atoms with van der Waals surface area (Å²) in [6.45, 7) is 1.56. The van der Waals surface area contributed by atoms with Crippen molar-refractivity contribution >= 4 is 5.95 Å². The minimum absolute atomic E-state index is 0.205. The topological polar surface area (TPSA) is 84.4 Å². The van der Waals surface area contributed by atoms with Gasteiger partial charge in [-0.3, -0.25) is 9.29 Å². The second kappa shape index (κ2) is 7.46. The molecular weight excluding hydrogens is 279 g/mol. The molecule has 0 amide bonds. The van der Waals surface area contributed by atoms with Gasteiger partial charge in [0.15, 0.2) is 0 Å². The van der Waals surface area contributed by atoms with E-state index in [1.807, 2.05) is 4.90 Å². The third kappa shape index (κ3) is 4.21. The van der Waals surface area contributed by atoms with Gasteiger partial charge >= 0.3 is 5.95 Å². The molecule has 0 bridgehead atoms. The number of piperidine rings is 1. The zero-order valence-corrected chi connectivity index (χ0v) is 11.9. The molecule has 1 unspecified atom stereocenters. The van der Waals surface area contributed by atoms with Crippen molar-refractivity contribution in [2.75, 3.05) is 19.8 Å². The molecule has 1 aliphatic rings. The van der Waals surface area contributed by atoms with Crippen LogP contribution >= 0.6 is 0 Å². The van der Waals surface area contributed by atoms with Gasteiger partial charge in [-0.2, -0.15) is 0 Å². The quantitative estimate of drug-likeness (QED) is 0.610. The molecule has 1 aromatic rings. The molecule has 1 aliphatic heterocycles. The average Bonchev–Trinajstić information content (AvgIpc) is 2.94. The van der Waals surface area contributed by atoms with Crippen molar-refractivity contribution in [3.63, 3.8) is 0 Å². The van der Waals surface area contributed by atoms with Crippen molar-refractivity contribution in [3.05, 3.63) is 22.5 Å². The maximum Gasteiger partial charge on any atom is 0.434 e. The molecular formula is C13H21FN4O3. The second-order valence-electron chi connectivity index (χ2n) is 5.40. The first-order valence-electron chi connectivity index (χ1n) is 7.25. The molecule has 1 fully saturated rings. The average molecular weight is 300 g/mol. The highest BCUT2D eigenvalue weighted by atomic mass is 19.1. The van der Waals surface area contributed by atoms with Crippen LogP contribution in [-0.4, -0.2) is 50.5 Å². The van der Waals surface area contributed by atoms with Gasteiger partial charge in [0, 0.05) is 19.5 Å². The fraction of sp³-hybridized carbons (Fsp3) is 0.769. The second-order valence-corrected chi connectivity index (χ2v) is 5.40. The lowest BCUT2D eigenvalue weighted by atomic mass is 9.94. The summed E-state index contributed by atoms with van der Waals surface area (Å²) in [5.41, 5.74) is 0. The van der Waals surface area contributed by atoms with Crippen LogP contribution in [-0.2, 0) is 6.54 Å². The summed E-state index contributed by atoms with van der Waals surface area (Å²) in [7, 11) is 0. The summed E-state index contributed by atoms with van der Waals surface area (Å²) >= 11 is 0. The van der Waals surface area contributed by atoms with E-state index in [9.17, 15) is 19.6 Å². The van der Waals surface area contributed by atoms with E-state index in [0.29, 0.717) is 25.3 Å². The normalized spacial score (nSPS) is 18.8. The van der Waals surface area contributed by atoms with Gasteiger partial charge in [0.25, 0.3) is 0 Å². The third-order valence-electron chi connectivity index (χ3n) is 4.07. The Balaban J connectivity index is 1.78. The summed E-state index contributed by atoms with van der Waals surface area (Å²) in [4.78, 5) is 15.8. The number of likely N-dealkylation sites (tertiary alicyclic amines) is 1. The number of imidazole rings is 1. The monoisotopic (exact) mass is 300 g/mol. The first kappa shape index (κ1) is 15.8. The molecule has 1 atom stereocenters. The zero-order valence-electron chi connectivity index (χ0n) is 11.9. The molecule has 0 radical (unpaired) electrons. The van der Waals surface area contributed by atoms with Gasteiger partial charge in [-0.05, 0) is 30.1 Å². The highest BCUT2D eigenvalue weighted by Crippen LogP contribution is 2.22. The third-order valence-corrected chi connectivity index (χ3v) is 4.07. The van der Waals surface area contributed by atoms with E-state index in [2.05, 4.69) is 4.98 Å². The largest absolute Gasteiger partial charge is 0.434 e. The summed E-state index contributed by atoms with van der Waals surface area (Å²) < 4.78 is 13.7. The fourth-order valence-electron chi connectivity index (χ4n) is 2.78. The van der Waals surface area contributed by atoms with Crippen molar-refractivity contribution < 1.29 is 14.4 Å². The molecule has 7 nitrogen and oxygen atoms in total. The number of hydrogen-bond acceptors (Lipinski definition) is 5. The predicted molar refractivity (Wildman–Crippen MR) is 74.4 cm³/mol. The first-order valence-corrected chi connectivity index (χ1v) is 7.25. The van der Waals surface area contributed by atoms with Crippen LogP contribution in [0.3, 0.4) is 0 Å². The number of aliphatic hydroxyl groups is 1. The molecule has 2 rings (SSSR count). The van der Waals surface area contributed by atoms with Crippen LogP contribution in [0.2, 0.25) is 0 Å². The maximum atomic E-state index is 12.3. The number of nitrogens with zero attached hydrogens (tertiary/aromatic N) is 4. The number of aryl methyl sites for hydroxylation is 1. The number of aliphatic hydroxyl groups excluding tert-OH is 1. The molecule has 0 spiro atoms. The molecule has 1 saturated heterocycles. The number of nitro groups is 1. The van der Waals surface area contributed by atoms with Crippen LogP contribution in [0.4, 0.5) is 10.3 Å². The van der Waals surface area contributed by atoms with Crippen molar-refractivity contribution in [3.8, 4) is 0 Å². The number of alkyl halides is 1. The Morgan fingerprint density at radius 2 is 2.24 bits per heavy atom. The molecule has 1 N–H and O–H groups in total. The molecule has 8 heteroatoms. The first-order chi connectivity index (χ1) is 10.1. The lowest BCUT2D eigenvalue weighted by molar-refractivity contribution is -0.396. The van der Waals surface area contributed by atoms with E-state index in [4.69, 9.17) is 0 Å². The van der Waals surface area contributed by atoms with E-state index in [1.165, 1.54) is 10.8 Å².